The van der Waals surface area contributed by atoms with Gasteiger partial charge in [0.1, 0.15) is 0 Å². The average molecular weight is 185 g/mol. The standard InChI is InChI=1S/C9H19N3O/c1-7-5-12(6-9(10)13)4-3-8(7)11-2/h7-8,11H,3-6H2,1-2H3,(H2,10,13). The molecule has 2 atom stereocenters. The third kappa shape index (κ3) is 2.97. The van der Waals surface area contributed by atoms with E-state index in [1.54, 1.807) is 0 Å². The van der Waals surface area contributed by atoms with Crippen molar-refractivity contribution in [3.8, 4) is 0 Å². The molecule has 4 heteroatoms. The number of primary amides is 1. The Hall–Kier alpha value is -0.610. The van der Waals surface area contributed by atoms with Gasteiger partial charge in [-0.3, -0.25) is 9.69 Å². The topological polar surface area (TPSA) is 58.4 Å². The SMILES string of the molecule is CNC1CCN(CC(N)=O)CC1C. The van der Waals surface area contributed by atoms with Gasteiger partial charge in [0.05, 0.1) is 6.54 Å². The van der Waals surface area contributed by atoms with E-state index >= 15 is 0 Å². The molecule has 1 rings (SSSR count). The van der Waals surface area contributed by atoms with Gasteiger partial charge in [0.2, 0.25) is 5.91 Å². The van der Waals surface area contributed by atoms with Gasteiger partial charge in [-0.2, -0.15) is 0 Å². The zero-order valence-electron chi connectivity index (χ0n) is 8.42. The van der Waals surface area contributed by atoms with Crippen molar-refractivity contribution in [2.24, 2.45) is 11.7 Å². The summed E-state index contributed by atoms with van der Waals surface area (Å²) >= 11 is 0. The molecule has 13 heavy (non-hydrogen) atoms. The van der Waals surface area contributed by atoms with Crippen molar-refractivity contribution in [1.29, 1.82) is 0 Å². The number of carbonyl (C=O) groups excluding carboxylic acids is 1. The van der Waals surface area contributed by atoms with E-state index < -0.39 is 0 Å². The van der Waals surface area contributed by atoms with Crippen LogP contribution in [0.1, 0.15) is 13.3 Å². The van der Waals surface area contributed by atoms with Gasteiger partial charge in [0.25, 0.3) is 0 Å². The molecule has 3 N–H and O–H groups in total. The number of rotatable bonds is 3. The second kappa shape index (κ2) is 4.58. The van der Waals surface area contributed by atoms with Crippen molar-refractivity contribution in [3.05, 3.63) is 0 Å². The Kier molecular flexibility index (Phi) is 3.69. The Morgan fingerprint density at radius 3 is 2.85 bits per heavy atom. The van der Waals surface area contributed by atoms with E-state index in [1.807, 2.05) is 7.05 Å². The highest BCUT2D eigenvalue weighted by Crippen LogP contribution is 2.15. The average Bonchev–Trinajstić information content (AvgIpc) is 2.03. The van der Waals surface area contributed by atoms with E-state index in [2.05, 4.69) is 17.1 Å². The molecule has 1 fully saturated rings. The summed E-state index contributed by atoms with van der Waals surface area (Å²) in [5.74, 6) is 0.369. The second-order valence-electron chi connectivity index (χ2n) is 3.86. The second-order valence-corrected chi connectivity index (χ2v) is 3.86. The summed E-state index contributed by atoms with van der Waals surface area (Å²) in [6.45, 7) is 4.54. The molecule has 1 heterocycles. The van der Waals surface area contributed by atoms with Crippen molar-refractivity contribution in [1.82, 2.24) is 10.2 Å². The Morgan fingerprint density at radius 2 is 2.38 bits per heavy atom. The van der Waals surface area contributed by atoms with Crippen molar-refractivity contribution < 1.29 is 4.79 Å². The number of nitrogens with two attached hydrogens (primary N) is 1. The van der Waals surface area contributed by atoms with Crippen molar-refractivity contribution >= 4 is 5.91 Å². The van der Waals surface area contributed by atoms with Gasteiger partial charge < -0.3 is 11.1 Å². The molecule has 0 aliphatic carbocycles. The number of likely N-dealkylation sites (tertiary alicyclic amines) is 1. The third-order valence-electron chi connectivity index (χ3n) is 2.74. The van der Waals surface area contributed by atoms with Crippen LogP contribution in [-0.2, 0) is 4.79 Å². The van der Waals surface area contributed by atoms with Crippen molar-refractivity contribution in [2.75, 3.05) is 26.7 Å². The molecular formula is C9H19N3O. The van der Waals surface area contributed by atoms with Crippen LogP contribution in [0.3, 0.4) is 0 Å². The molecule has 0 spiro atoms. The number of nitrogens with one attached hydrogen (secondary N) is 1. The molecule has 76 valence electrons. The number of piperidine rings is 1. The maximum atomic E-state index is 10.7. The molecule has 0 aromatic carbocycles. The minimum Gasteiger partial charge on any atom is -0.369 e. The van der Waals surface area contributed by atoms with E-state index in [4.69, 9.17) is 5.73 Å². The van der Waals surface area contributed by atoms with Crippen LogP contribution in [0.2, 0.25) is 0 Å². The lowest BCUT2D eigenvalue weighted by Gasteiger charge is -2.36. The van der Waals surface area contributed by atoms with Gasteiger partial charge in [-0.05, 0) is 19.4 Å². The Bertz CT molecular complexity index is 184. The van der Waals surface area contributed by atoms with Gasteiger partial charge in [-0.25, -0.2) is 0 Å². The molecule has 0 bridgehead atoms. The molecule has 4 nitrogen and oxygen atoms in total. The van der Waals surface area contributed by atoms with Crippen molar-refractivity contribution in [3.63, 3.8) is 0 Å². The predicted octanol–water partition coefficient (Wildman–Crippen LogP) is -0.598. The van der Waals surface area contributed by atoms with Crippen LogP contribution < -0.4 is 11.1 Å². The van der Waals surface area contributed by atoms with Gasteiger partial charge in [-0.15, -0.1) is 0 Å². The molecule has 1 aliphatic rings. The molecule has 0 saturated carbocycles. The molecule has 1 amide bonds. The monoisotopic (exact) mass is 185 g/mol. The van der Waals surface area contributed by atoms with E-state index in [0.717, 1.165) is 19.5 Å². The predicted molar refractivity (Wildman–Crippen MR) is 52.3 cm³/mol. The maximum Gasteiger partial charge on any atom is 0.231 e. The smallest absolute Gasteiger partial charge is 0.231 e. The summed E-state index contributed by atoms with van der Waals surface area (Å²) < 4.78 is 0. The van der Waals surface area contributed by atoms with E-state index in [1.165, 1.54) is 0 Å². The highest BCUT2D eigenvalue weighted by Gasteiger charge is 2.24. The number of amides is 1. The van der Waals surface area contributed by atoms with E-state index in [0.29, 0.717) is 18.5 Å². The first-order chi connectivity index (χ1) is 6.13. The lowest BCUT2D eigenvalue weighted by molar-refractivity contribution is -0.119. The van der Waals surface area contributed by atoms with Crippen molar-refractivity contribution in [2.45, 2.75) is 19.4 Å². The first-order valence-corrected chi connectivity index (χ1v) is 4.81. The van der Waals surface area contributed by atoms with Gasteiger partial charge >= 0.3 is 0 Å². The van der Waals surface area contributed by atoms with Crippen LogP contribution in [0.25, 0.3) is 0 Å². The Labute approximate surface area is 79.5 Å². The first kappa shape index (κ1) is 10.5. The van der Waals surface area contributed by atoms with Crippen LogP contribution in [-0.4, -0.2) is 43.5 Å². The molecule has 1 saturated heterocycles. The van der Waals surface area contributed by atoms with Crippen LogP contribution in [0.4, 0.5) is 0 Å². The number of carbonyl (C=O) groups is 1. The normalized spacial score (nSPS) is 30.3. The number of hydrogen-bond acceptors (Lipinski definition) is 3. The molecule has 0 aromatic heterocycles. The Morgan fingerprint density at radius 1 is 1.69 bits per heavy atom. The summed E-state index contributed by atoms with van der Waals surface area (Å²) in [4.78, 5) is 12.8. The quantitative estimate of drug-likeness (QED) is 0.617. The zero-order chi connectivity index (χ0) is 9.84. The third-order valence-corrected chi connectivity index (χ3v) is 2.74. The molecule has 0 aromatic rings. The van der Waals surface area contributed by atoms with Gasteiger partial charge in [0.15, 0.2) is 0 Å². The van der Waals surface area contributed by atoms with Gasteiger partial charge in [-0.1, -0.05) is 6.92 Å². The van der Waals surface area contributed by atoms with Crippen LogP contribution in [0, 0.1) is 5.92 Å². The number of nitrogens with zero attached hydrogens (tertiary/aromatic N) is 1. The number of hydrogen-bond donors (Lipinski definition) is 2. The molecule has 0 radical (unpaired) electrons. The van der Waals surface area contributed by atoms with Crippen LogP contribution in [0.15, 0.2) is 0 Å². The maximum absolute atomic E-state index is 10.7. The first-order valence-electron chi connectivity index (χ1n) is 4.81. The fourth-order valence-electron chi connectivity index (χ4n) is 2.02. The fourth-order valence-corrected chi connectivity index (χ4v) is 2.02. The Balaban J connectivity index is 2.36. The fraction of sp³-hybridized carbons (Fsp3) is 0.889. The lowest BCUT2D eigenvalue weighted by Crippen LogP contribution is -2.49. The highest BCUT2D eigenvalue weighted by atomic mass is 16.1. The summed E-state index contributed by atoms with van der Waals surface area (Å²) in [6, 6.07) is 0.587. The lowest BCUT2D eigenvalue weighted by atomic mass is 9.94. The van der Waals surface area contributed by atoms with Crippen LogP contribution in [0.5, 0.6) is 0 Å². The minimum absolute atomic E-state index is 0.227. The van der Waals surface area contributed by atoms with E-state index in [9.17, 15) is 4.79 Å². The molecule has 2 unspecified atom stereocenters. The highest BCUT2D eigenvalue weighted by molar-refractivity contribution is 5.75. The minimum atomic E-state index is -0.227. The summed E-state index contributed by atoms with van der Waals surface area (Å²) in [6.07, 6.45) is 1.10. The molecular weight excluding hydrogens is 166 g/mol. The summed E-state index contributed by atoms with van der Waals surface area (Å²) in [5.41, 5.74) is 5.14. The van der Waals surface area contributed by atoms with E-state index in [-0.39, 0.29) is 5.91 Å². The van der Waals surface area contributed by atoms with Crippen LogP contribution >= 0.6 is 0 Å². The zero-order valence-corrected chi connectivity index (χ0v) is 8.42. The summed E-state index contributed by atoms with van der Waals surface area (Å²) in [5, 5.41) is 3.28. The van der Waals surface area contributed by atoms with Gasteiger partial charge in [0, 0.05) is 19.1 Å². The summed E-state index contributed by atoms with van der Waals surface area (Å²) in [7, 11) is 1.99. The molecule has 1 aliphatic heterocycles. The largest absolute Gasteiger partial charge is 0.369 e.